The summed E-state index contributed by atoms with van der Waals surface area (Å²) in [6, 6.07) is 6.27. The van der Waals surface area contributed by atoms with Crippen LogP contribution in [0.5, 0.6) is 5.75 Å². The SMILES string of the molecule is Cc1cc(OCc2ncco2)cnc1C(=O)Cc1ccc(F)c([C@@]2(C)N=C(N)S[C@@]3(CF)C[C@H]32)c1. The van der Waals surface area contributed by atoms with Gasteiger partial charge in [0.1, 0.15) is 30.2 Å². The maximum absolute atomic E-state index is 15.0. The van der Waals surface area contributed by atoms with Gasteiger partial charge in [0.2, 0.25) is 5.89 Å². The van der Waals surface area contributed by atoms with Crippen molar-refractivity contribution in [3.8, 4) is 5.75 Å². The molecule has 0 saturated heterocycles. The van der Waals surface area contributed by atoms with Gasteiger partial charge in [-0.1, -0.05) is 17.8 Å². The molecule has 1 aliphatic carbocycles. The number of aromatic nitrogens is 2. The highest BCUT2D eigenvalue weighted by Gasteiger charge is 2.66. The van der Waals surface area contributed by atoms with E-state index in [1.807, 2.05) is 0 Å². The van der Waals surface area contributed by atoms with Crippen molar-refractivity contribution in [2.45, 2.75) is 43.6 Å². The van der Waals surface area contributed by atoms with E-state index < -0.39 is 22.8 Å². The van der Waals surface area contributed by atoms with Gasteiger partial charge in [0, 0.05) is 17.9 Å². The van der Waals surface area contributed by atoms with Gasteiger partial charge in [-0.15, -0.1) is 0 Å². The van der Waals surface area contributed by atoms with Crippen molar-refractivity contribution in [3.63, 3.8) is 0 Å². The van der Waals surface area contributed by atoms with Crippen molar-refractivity contribution in [3.05, 3.63) is 77.0 Å². The van der Waals surface area contributed by atoms with Crippen LogP contribution in [0.4, 0.5) is 8.78 Å². The monoisotopic (exact) mass is 498 g/mol. The van der Waals surface area contributed by atoms with Crippen LogP contribution in [0.3, 0.4) is 0 Å². The second-order valence-electron chi connectivity index (χ2n) is 9.12. The smallest absolute Gasteiger partial charge is 0.232 e. The first kappa shape index (κ1) is 23.5. The van der Waals surface area contributed by atoms with E-state index in [-0.39, 0.29) is 29.9 Å². The molecule has 3 heterocycles. The van der Waals surface area contributed by atoms with Crippen LogP contribution in [0.2, 0.25) is 0 Å². The molecule has 10 heteroatoms. The number of alkyl halides is 1. The van der Waals surface area contributed by atoms with Crippen molar-refractivity contribution >= 4 is 22.7 Å². The molecule has 35 heavy (non-hydrogen) atoms. The van der Waals surface area contributed by atoms with Crippen molar-refractivity contribution in [1.82, 2.24) is 9.97 Å². The molecule has 0 radical (unpaired) electrons. The first-order valence-corrected chi connectivity index (χ1v) is 12.0. The van der Waals surface area contributed by atoms with E-state index in [2.05, 4.69) is 15.0 Å². The van der Waals surface area contributed by atoms with E-state index in [1.54, 1.807) is 32.0 Å². The quantitative estimate of drug-likeness (QED) is 0.455. The zero-order valence-electron chi connectivity index (χ0n) is 19.3. The minimum Gasteiger partial charge on any atom is -0.482 e. The van der Waals surface area contributed by atoms with E-state index in [4.69, 9.17) is 14.9 Å². The fourth-order valence-corrected chi connectivity index (χ4v) is 6.13. The van der Waals surface area contributed by atoms with E-state index in [0.29, 0.717) is 40.4 Å². The van der Waals surface area contributed by atoms with E-state index in [1.165, 1.54) is 36.5 Å². The average Bonchev–Trinajstić information content (AvgIpc) is 3.33. The summed E-state index contributed by atoms with van der Waals surface area (Å²) in [4.78, 5) is 25.8. The lowest BCUT2D eigenvalue weighted by molar-refractivity contribution is 0.0987. The molecule has 1 fully saturated rings. The van der Waals surface area contributed by atoms with Gasteiger partial charge in [-0.2, -0.15) is 0 Å². The van der Waals surface area contributed by atoms with Gasteiger partial charge < -0.3 is 14.9 Å². The molecule has 2 N–H and O–H groups in total. The van der Waals surface area contributed by atoms with Crippen LogP contribution in [-0.2, 0) is 18.6 Å². The molecular weight excluding hydrogens is 474 g/mol. The zero-order chi connectivity index (χ0) is 24.8. The standard InChI is InChI=1S/C25H24F2N4O3S/c1-14-7-16(34-12-21-29-5-6-33-21)11-30-22(14)19(32)9-15-3-4-18(27)17(8-15)24(2)20-10-25(20,13-26)35-23(28)31-24/h3-8,11,20H,9-10,12-13H2,1-2H3,(H2,28,31)/t20-,24+,25+/m0/s1. The summed E-state index contributed by atoms with van der Waals surface area (Å²) >= 11 is 1.23. The third kappa shape index (κ3) is 4.31. The Bertz CT molecular complexity index is 1320. The summed E-state index contributed by atoms with van der Waals surface area (Å²) in [7, 11) is 0. The number of aliphatic imine (C=N–C) groups is 1. The molecule has 182 valence electrons. The predicted octanol–water partition coefficient (Wildman–Crippen LogP) is 4.53. The van der Waals surface area contributed by atoms with Crippen molar-refractivity contribution in [2.24, 2.45) is 16.6 Å². The first-order valence-electron chi connectivity index (χ1n) is 11.1. The molecule has 7 nitrogen and oxygen atoms in total. The number of thioether (sulfide) groups is 1. The van der Waals surface area contributed by atoms with Gasteiger partial charge in [-0.05, 0) is 49.6 Å². The Morgan fingerprint density at radius 1 is 1.34 bits per heavy atom. The fourth-order valence-electron chi connectivity index (χ4n) is 4.80. The number of benzene rings is 1. The maximum Gasteiger partial charge on any atom is 0.232 e. The second kappa shape index (κ2) is 8.75. The van der Waals surface area contributed by atoms with Crippen LogP contribution in [-0.4, -0.2) is 32.3 Å². The van der Waals surface area contributed by atoms with Crippen molar-refractivity contribution in [1.29, 1.82) is 0 Å². The number of Topliss-reactive ketones (excluding diaryl/α,β-unsaturated/α-hetero) is 1. The number of hydrogen-bond acceptors (Lipinski definition) is 8. The van der Waals surface area contributed by atoms with Gasteiger partial charge in [0.05, 0.1) is 22.7 Å². The van der Waals surface area contributed by atoms with Gasteiger partial charge in [-0.25, -0.2) is 18.7 Å². The number of hydrogen-bond donors (Lipinski definition) is 1. The number of aryl methyl sites for hydroxylation is 1. The molecule has 2 aromatic heterocycles. The minimum absolute atomic E-state index is 0.0284. The van der Waals surface area contributed by atoms with Crippen LogP contribution < -0.4 is 10.5 Å². The largest absolute Gasteiger partial charge is 0.482 e. The summed E-state index contributed by atoms with van der Waals surface area (Å²) in [5.74, 6) is 0.0947. The van der Waals surface area contributed by atoms with Gasteiger partial charge in [0.15, 0.2) is 17.6 Å². The molecule has 3 aromatic rings. The molecule has 1 aliphatic heterocycles. The minimum atomic E-state index is -0.986. The van der Waals surface area contributed by atoms with Gasteiger partial charge in [-0.3, -0.25) is 9.79 Å². The molecule has 0 amide bonds. The van der Waals surface area contributed by atoms with Gasteiger partial charge in [0.25, 0.3) is 0 Å². The lowest BCUT2D eigenvalue weighted by Gasteiger charge is -2.33. The van der Waals surface area contributed by atoms with Crippen LogP contribution in [0, 0.1) is 18.7 Å². The Balaban J connectivity index is 1.34. The number of oxazole rings is 1. The molecule has 0 bridgehead atoms. The second-order valence-corrected chi connectivity index (χ2v) is 10.6. The molecule has 1 aromatic carbocycles. The molecule has 2 aliphatic rings. The number of rotatable bonds is 8. The summed E-state index contributed by atoms with van der Waals surface area (Å²) < 4.78 is 38.8. The number of ketones is 1. The molecule has 1 saturated carbocycles. The third-order valence-electron chi connectivity index (χ3n) is 6.68. The summed E-state index contributed by atoms with van der Waals surface area (Å²) in [5.41, 5.74) is 6.91. The average molecular weight is 499 g/mol. The van der Waals surface area contributed by atoms with E-state index in [9.17, 15) is 13.6 Å². The molecular formula is C25H24F2N4O3S. The first-order chi connectivity index (χ1) is 16.7. The normalized spacial score (nSPS) is 25.0. The highest BCUT2D eigenvalue weighted by molar-refractivity contribution is 8.15. The summed E-state index contributed by atoms with van der Waals surface area (Å²) in [6.07, 6.45) is 5.07. The Morgan fingerprint density at radius 2 is 2.17 bits per heavy atom. The number of fused-ring (bicyclic) bond motifs is 1. The van der Waals surface area contributed by atoms with Crippen LogP contribution in [0.25, 0.3) is 0 Å². The topological polar surface area (TPSA) is 104 Å². The number of amidine groups is 1. The predicted molar refractivity (Wildman–Crippen MR) is 128 cm³/mol. The molecule has 5 rings (SSSR count). The number of nitrogens with two attached hydrogens (primary N) is 1. The number of carbonyl (C=O) groups excluding carboxylic acids is 1. The zero-order valence-corrected chi connectivity index (χ0v) is 20.1. The Hall–Kier alpha value is -3.27. The Labute approximate surface area is 205 Å². The van der Waals surface area contributed by atoms with E-state index in [0.717, 1.165) is 0 Å². The number of nitrogens with zero attached hydrogens (tertiary/aromatic N) is 3. The third-order valence-corrected chi connectivity index (χ3v) is 7.95. The van der Waals surface area contributed by atoms with Crippen LogP contribution in [0.1, 0.15) is 46.4 Å². The maximum atomic E-state index is 15.0. The highest BCUT2D eigenvalue weighted by Crippen LogP contribution is 2.66. The number of halogens is 2. The highest BCUT2D eigenvalue weighted by atomic mass is 32.2. The Kier molecular flexibility index (Phi) is 5.86. The lowest BCUT2D eigenvalue weighted by atomic mass is 9.84. The van der Waals surface area contributed by atoms with E-state index >= 15 is 0 Å². The molecule has 0 unspecified atom stereocenters. The van der Waals surface area contributed by atoms with Crippen LogP contribution >= 0.6 is 11.8 Å². The van der Waals surface area contributed by atoms with Crippen molar-refractivity contribution < 1.29 is 22.7 Å². The summed E-state index contributed by atoms with van der Waals surface area (Å²) in [6.45, 7) is 3.16. The molecule has 3 atom stereocenters. The lowest BCUT2D eigenvalue weighted by Crippen LogP contribution is -2.36. The van der Waals surface area contributed by atoms with Crippen molar-refractivity contribution in [2.75, 3.05) is 6.67 Å². The number of pyridine rings is 1. The fraction of sp³-hybridized carbons (Fsp3) is 0.360. The molecule has 0 spiro atoms. The van der Waals surface area contributed by atoms with Gasteiger partial charge >= 0.3 is 0 Å². The number of ether oxygens (including phenoxy) is 1. The summed E-state index contributed by atoms with van der Waals surface area (Å²) in [5, 5.41) is 0.254. The number of carbonyl (C=O) groups is 1. The van der Waals surface area contributed by atoms with Crippen LogP contribution in [0.15, 0.2) is 52.3 Å². The Morgan fingerprint density at radius 3 is 2.89 bits per heavy atom.